The molecule has 0 atom stereocenters. The van der Waals surface area contributed by atoms with Crippen molar-refractivity contribution in [2.45, 2.75) is 20.4 Å². The number of ether oxygens (including phenoxy) is 1. The van der Waals surface area contributed by atoms with Gasteiger partial charge in [-0.05, 0) is 29.6 Å². The minimum atomic E-state index is -0.0307. The van der Waals surface area contributed by atoms with Crippen LogP contribution in [0.5, 0.6) is 0 Å². The summed E-state index contributed by atoms with van der Waals surface area (Å²) < 4.78 is 8.22. The lowest BCUT2D eigenvalue weighted by molar-refractivity contribution is 0.102. The van der Waals surface area contributed by atoms with E-state index in [9.17, 15) is 4.79 Å². The highest BCUT2D eigenvalue weighted by molar-refractivity contribution is 7.71. The van der Waals surface area contributed by atoms with E-state index in [1.165, 1.54) is 11.3 Å². The van der Waals surface area contributed by atoms with Crippen molar-refractivity contribution in [3.05, 3.63) is 26.6 Å². The van der Waals surface area contributed by atoms with E-state index in [4.69, 9.17) is 17.0 Å². The zero-order chi connectivity index (χ0) is 13.1. The number of nitrogens with one attached hydrogen (secondary N) is 1. The number of hydrogen-bond acceptors (Lipinski definition) is 4. The van der Waals surface area contributed by atoms with Gasteiger partial charge >= 0.3 is 0 Å². The first-order valence-corrected chi connectivity index (χ1v) is 7.16. The van der Waals surface area contributed by atoms with Gasteiger partial charge in [-0.25, -0.2) is 0 Å². The van der Waals surface area contributed by atoms with Crippen molar-refractivity contribution >= 4 is 33.8 Å². The molecule has 98 valence electrons. The lowest BCUT2D eigenvalue weighted by atomic mass is 10.2. The van der Waals surface area contributed by atoms with E-state index < -0.39 is 0 Å². The molecule has 2 heterocycles. The molecule has 0 aromatic carbocycles. The maximum atomic E-state index is 12.2. The van der Waals surface area contributed by atoms with Crippen LogP contribution in [0, 0.1) is 10.7 Å². The maximum Gasteiger partial charge on any atom is 0.272 e. The van der Waals surface area contributed by atoms with Crippen molar-refractivity contribution in [1.82, 2.24) is 9.55 Å². The number of hydrogen-bond donors (Lipinski definition) is 1. The molecule has 0 aliphatic heterocycles. The number of thiophene rings is 1. The number of aromatic amines is 1. The normalized spacial score (nSPS) is 11.5. The summed E-state index contributed by atoms with van der Waals surface area (Å²) in [6.07, 6.45) is 0. The molecule has 0 aliphatic carbocycles. The predicted octanol–water partition coefficient (Wildman–Crippen LogP) is 2.79. The molecule has 0 amide bonds. The molecule has 2 rings (SSSR count). The molecule has 6 heteroatoms. The van der Waals surface area contributed by atoms with Gasteiger partial charge in [0.05, 0.1) is 18.7 Å². The molecule has 0 unspecified atom stereocenters. The minimum Gasteiger partial charge on any atom is -0.379 e. The average Bonchev–Trinajstić information content (AvgIpc) is 2.75. The van der Waals surface area contributed by atoms with Gasteiger partial charge in [0.15, 0.2) is 4.77 Å². The molecule has 0 fully saturated rings. The molecule has 0 saturated carbocycles. The van der Waals surface area contributed by atoms with Gasteiger partial charge in [0.2, 0.25) is 0 Å². The maximum absolute atomic E-state index is 12.2. The van der Waals surface area contributed by atoms with E-state index in [1.54, 1.807) is 4.57 Å². The van der Waals surface area contributed by atoms with Crippen LogP contribution < -0.4 is 5.56 Å². The number of H-pyrrole nitrogens is 1. The molecule has 18 heavy (non-hydrogen) atoms. The Morgan fingerprint density at radius 3 is 3.06 bits per heavy atom. The van der Waals surface area contributed by atoms with Crippen LogP contribution in [0.3, 0.4) is 0 Å². The summed E-state index contributed by atoms with van der Waals surface area (Å²) in [6.45, 7) is 5.89. The van der Waals surface area contributed by atoms with Gasteiger partial charge in [0, 0.05) is 6.61 Å². The van der Waals surface area contributed by atoms with Crippen molar-refractivity contribution in [3.63, 3.8) is 0 Å². The molecular formula is C12H16N2O2S2. The second-order valence-electron chi connectivity index (χ2n) is 4.52. The minimum absolute atomic E-state index is 0.0307. The molecule has 2 aromatic heterocycles. The molecular weight excluding hydrogens is 268 g/mol. The van der Waals surface area contributed by atoms with Crippen molar-refractivity contribution in [2.24, 2.45) is 5.92 Å². The van der Waals surface area contributed by atoms with Crippen LogP contribution in [0.4, 0.5) is 0 Å². The van der Waals surface area contributed by atoms with E-state index in [0.717, 1.165) is 5.52 Å². The highest BCUT2D eigenvalue weighted by Gasteiger charge is 2.06. The Hall–Kier alpha value is -0.980. The lowest BCUT2D eigenvalue weighted by Crippen LogP contribution is -2.24. The van der Waals surface area contributed by atoms with E-state index in [1.807, 2.05) is 11.4 Å². The molecule has 0 bridgehead atoms. The van der Waals surface area contributed by atoms with Crippen LogP contribution in [0.2, 0.25) is 0 Å². The fraction of sp³-hybridized carbons (Fsp3) is 0.500. The van der Waals surface area contributed by atoms with Gasteiger partial charge in [-0.2, -0.15) is 0 Å². The predicted molar refractivity (Wildman–Crippen MR) is 76.9 cm³/mol. The average molecular weight is 284 g/mol. The lowest BCUT2D eigenvalue weighted by Gasteiger charge is -2.08. The van der Waals surface area contributed by atoms with Gasteiger partial charge in [0.25, 0.3) is 5.56 Å². The zero-order valence-electron chi connectivity index (χ0n) is 10.4. The van der Waals surface area contributed by atoms with Crippen LogP contribution in [-0.2, 0) is 11.3 Å². The second-order valence-corrected chi connectivity index (χ2v) is 5.82. The smallest absolute Gasteiger partial charge is 0.272 e. The zero-order valence-corrected chi connectivity index (χ0v) is 12.1. The first kappa shape index (κ1) is 13.5. The topological polar surface area (TPSA) is 47.0 Å². The summed E-state index contributed by atoms with van der Waals surface area (Å²) in [4.78, 5) is 15.2. The Labute approximate surface area is 114 Å². The molecule has 0 saturated heterocycles. The Bertz CT molecular complexity index is 639. The standard InChI is InChI=1S/C12H16N2O2S2/c1-8(2)7-16-5-4-14-11(15)10-9(3-6-18-10)13-12(14)17/h3,6,8H,4-5,7H2,1-2H3,(H,13,17). The van der Waals surface area contributed by atoms with Crippen LogP contribution >= 0.6 is 23.6 Å². The van der Waals surface area contributed by atoms with Gasteiger partial charge in [-0.15, -0.1) is 11.3 Å². The Kier molecular flexibility index (Phi) is 4.31. The van der Waals surface area contributed by atoms with Crippen molar-refractivity contribution in [1.29, 1.82) is 0 Å². The SMILES string of the molecule is CC(C)COCCn1c(=S)[nH]c2ccsc2c1=O. The van der Waals surface area contributed by atoms with E-state index in [0.29, 0.717) is 35.1 Å². The largest absolute Gasteiger partial charge is 0.379 e. The van der Waals surface area contributed by atoms with E-state index >= 15 is 0 Å². The van der Waals surface area contributed by atoms with Gasteiger partial charge in [0.1, 0.15) is 4.70 Å². The van der Waals surface area contributed by atoms with Crippen molar-refractivity contribution in [3.8, 4) is 0 Å². The Morgan fingerprint density at radius 2 is 2.33 bits per heavy atom. The monoisotopic (exact) mass is 284 g/mol. The van der Waals surface area contributed by atoms with E-state index in [2.05, 4.69) is 18.8 Å². The summed E-state index contributed by atoms with van der Waals surface area (Å²) >= 11 is 6.62. The van der Waals surface area contributed by atoms with Crippen LogP contribution in [0.25, 0.3) is 10.2 Å². The molecule has 0 aliphatic rings. The van der Waals surface area contributed by atoms with Gasteiger partial charge in [-0.1, -0.05) is 13.8 Å². The summed E-state index contributed by atoms with van der Waals surface area (Å²) in [6, 6.07) is 1.87. The molecule has 2 aromatic rings. The van der Waals surface area contributed by atoms with Crippen molar-refractivity contribution in [2.75, 3.05) is 13.2 Å². The van der Waals surface area contributed by atoms with E-state index in [-0.39, 0.29) is 5.56 Å². The molecule has 0 spiro atoms. The van der Waals surface area contributed by atoms with Gasteiger partial charge in [-0.3, -0.25) is 9.36 Å². The van der Waals surface area contributed by atoms with Crippen molar-refractivity contribution < 1.29 is 4.74 Å². The third kappa shape index (κ3) is 2.88. The summed E-state index contributed by atoms with van der Waals surface area (Å²) in [5.74, 6) is 0.496. The van der Waals surface area contributed by atoms with Gasteiger partial charge < -0.3 is 9.72 Å². The summed E-state index contributed by atoms with van der Waals surface area (Å²) in [5, 5.41) is 1.89. The number of fused-ring (bicyclic) bond motifs is 1. The Balaban J connectivity index is 2.17. The first-order valence-electron chi connectivity index (χ1n) is 5.87. The molecule has 0 radical (unpaired) electrons. The third-order valence-corrected chi connectivity index (χ3v) is 3.73. The highest BCUT2D eigenvalue weighted by Crippen LogP contribution is 2.13. The van der Waals surface area contributed by atoms with Crippen LogP contribution in [-0.4, -0.2) is 22.8 Å². The first-order chi connectivity index (χ1) is 8.59. The number of nitrogens with zero attached hydrogens (tertiary/aromatic N) is 1. The van der Waals surface area contributed by atoms with Crippen LogP contribution in [0.15, 0.2) is 16.2 Å². The number of rotatable bonds is 5. The quantitative estimate of drug-likeness (QED) is 0.678. The second kappa shape index (κ2) is 5.77. The summed E-state index contributed by atoms with van der Waals surface area (Å²) in [5.41, 5.74) is 0.784. The highest BCUT2D eigenvalue weighted by atomic mass is 32.1. The summed E-state index contributed by atoms with van der Waals surface area (Å²) in [7, 11) is 0. The molecule has 4 nitrogen and oxygen atoms in total. The third-order valence-electron chi connectivity index (χ3n) is 2.50. The Morgan fingerprint density at radius 1 is 1.56 bits per heavy atom. The van der Waals surface area contributed by atoms with Crippen LogP contribution in [0.1, 0.15) is 13.8 Å². The fourth-order valence-electron chi connectivity index (χ4n) is 1.65. The fourth-order valence-corrected chi connectivity index (χ4v) is 2.73. The number of aromatic nitrogens is 2. The molecule has 1 N–H and O–H groups in total.